The average molecular weight is 377 g/mol. The van der Waals surface area contributed by atoms with Crippen molar-refractivity contribution >= 4 is 23.8 Å². The van der Waals surface area contributed by atoms with Gasteiger partial charge in [0, 0.05) is 29.9 Å². The number of aromatic nitrogens is 2. The molecule has 2 N–H and O–H groups in total. The summed E-state index contributed by atoms with van der Waals surface area (Å²) in [6, 6.07) is 8.21. The van der Waals surface area contributed by atoms with Gasteiger partial charge in [0.2, 0.25) is 0 Å². The highest BCUT2D eigenvalue weighted by Gasteiger charge is 2.21. The normalized spacial score (nSPS) is 11.7. The van der Waals surface area contributed by atoms with Crippen LogP contribution in [0.15, 0.2) is 42.9 Å². The highest BCUT2D eigenvalue weighted by Crippen LogP contribution is 2.14. The van der Waals surface area contributed by atoms with Crippen LogP contribution in [0.2, 0.25) is 0 Å². The summed E-state index contributed by atoms with van der Waals surface area (Å²) in [6.45, 7) is 3.06. The maximum absolute atomic E-state index is 11.8. The molecular weight excluding hydrogens is 354 g/mol. The van der Waals surface area contributed by atoms with Gasteiger partial charge in [-0.1, -0.05) is 37.3 Å². The molecular formula is C18H23N3O4S. The third-order valence-corrected chi connectivity index (χ3v) is 4.67. The van der Waals surface area contributed by atoms with E-state index in [1.165, 1.54) is 11.8 Å². The molecule has 0 fully saturated rings. The van der Waals surface area contributed by atoms with Crippen LogP contribution < -0.4 is 5.32 Å². The van der Waals surface area contributed by atoms with E-state index in [2.05, 4.69) is 17.2 Å². The van der Waals surface area contributed by atoms with E-state index in [-0.39, 0.29) is 12.4 Å². The summed E-state index contributed by atoms with van der Waals surface area (Å²) in [7, 11) is 0. The lowest BCUT2D eigenvalue weighted by Crippen LogP contribution is -2.42. The Morgan fingerprint density at radius 3 is 2.81 bits per heavy atom. The second-order valence-corrected chi connectivity index (χ2v) is 6.72. The fourth-order valence-electron chi connectivity index (χ4n) is 2.27. The third kappa shape index (κ3) is 6.44. The van der Waals surface area contributed by atoms with Crippen LogP contribution in [-0.2, 0) is 28.4 Å². The molecule has 1 unspecified atom stereocenters. The molecule has 1 aromatic heterocycles. The second kappa shape index (κ2) is 10.5. The average Bonchev–Trinajstić information content (AvgIpc) is 3.07. The Balaban J connectivity index is 1.77. The summed E-state index contributed by atoms with van der Waals surface area (Å²) in [4.78, 5) is 27.3. The minimum Gasteiger partial charge on any atom is -0.480 e. The first-order chi connectivity index (χ1) is 12.6. The van der Waals surface area contributed by atoms with Gasteiger partial charge < -0.3 is 19.7 Å². The Kier molecular flexibility index (Phi) is 8.01. The largest absolute Gasteiger partial charge is 0.480 e. The van der Waals surface area contributed by atoms with Gasteiger partial charge in [0.25, 0.3) is 0 Å². The minimum absolute atomic E-state index is 0.0996. The van der Waals surface area contributed by atoms with Crippen molar-refractivity contribution in [3.8, 4) is 0 Å². The molecule has 1 heterocycles. The van der Waals surface area contributed by atoms with Crippen LogP contribution in [0, 0.1) is 0 Å². The lowest BCUT2D eigenvalue weighted by molar-refractivity contribution is -0.138. The first-order valence-electron chi connectivity index (χ1n) is 8.37. The topological polar surface area (TPSA) is 93.5 Å². The molecule has 8 heteroatoms. The van der Waals surface area contributed by atoms with E-state index in [1.807, 2.05) is 34.9 Å². The van der Waals surface area contributed by atoms with Crippen molar-refractivity contribution in [1.29, 1.82) is 0 Å². The number of rotatable bonds is 10. The molecule has 0 saturated carbocycles. The summed E-state index contributed by atoms with van der Waals surface area (Å²) in [5.41, 5.74) is 1.88. The van der Waals surface area contributed by atoms with Crippen LogP contribution in [0.4, 0.5) is 4.79 Å². The first-order valence-corrected chi connectivity index (χ1v) is 9.52. The number of hydrogen-bond donors (Lipinski definition) is 2. The number of alkyl carbamates (subject to hydrolysis) is 1. The van der Waals surface area contributed by atoms with E-state index in [0.717, 1.165) is 24.2 Å². The standard InChI is InChI=1S/C18H23N3O4S/c1-2-8-21-13-19-9-15(21)11-26-12-16(17(22)23)20-18(24)25-10-14-6-4-3-5-7-14/h3-7,9,13,16H,2,8,10-12H2,1H3,(H,20,24)(H,22,23). The summed E-state index contributed by atoms with van der Waals surface area (Å²) in [6.07, 6.45) is 3.81. The van der Waals surface area contributed by atoms with Crippen molar-refractivity contribution in [3.63, 3.8) is 0 Å². The molecule has 140 valence electrons. The smallest absolute Gasteiger partial charge is 0.408 e. The van der Waals surface area contributed by atoms with Gasteiger partial charge in [-0.25, -0.2) is 14.6 Å². The Labute approximate surface area is 156 Å². The molecule has 2 rings (SSSR count). The fourth-order valence-corrected chi connectivity index (χ4v) is 3.30. The molecule has 0 aliphatic carbocycles. The predicted octanol–water partition coefficient (Wildman–Crippen LogP) is 2.91. The number of aryl methyl sites for hydroxylation is 1. The van der Waals surface area contributed by atoms with Gasteiger partial charge in [0.15, 0.2) is 0 Å². The second-order valence-electron chi connectivity index (χ2n) is 5.69. The van der Waals surface area contributed by atoms with E-state index < -0.39 is 18.1 Å². The minimum atomic E-state index is -1.09. The van der Waals surface area contributed by atoms with Gasteiger partial charge in [-0.15, -0.1) is 0 Å². The van der Waals surface area contributed by atoms with Crippen LogP contribution in [0.5, 0.6) is 0 Å². The SMILES string of the molecule is CCCn1cncc1CSCC(NC(=O)OCc1ccccc1)C(=O)O. The zero-order valence-electron chi connectivity index (χ0n) is 14.6. The van der Waals surface area contributed by atoms with Gasteiger partial charge >= 0.3 is 12.1 Å². The number of thioether (sulfide) groups is 1. The van der Waals surface area contributed by atoms with Crippen LogP contribution in [-0.4, -0.2) is 38.5 Å². The van der Waals surface area contributed by atoms with E-state index in [4.69, 9.17) is 4.74 Å². The molecule has 0 bridgehead atoms. The number of imidazole rings is 1. The van der Waals surface area contributed by atoms with Crippen LogP contribution >= 0.6 is 11.8 Å². The molecule has 0 aliphatic rings. The molecule has 1 aromatic carbocycles. The summed E-state index contributed by atoms with van der Waals surface area (Å²) < 4.78 is 7.12. The van der Waals surface area contributed by atoms with Crippen molar-refractivity contribution in [1.82, 2.24) is 14.9 Å². The monoisotopic (exact) mass is 377 g/mol. The molecule has 2 aromatic rings. The van der Waals surface area contributed by atoms with Crippen molar-refractivity contribution in [2.75, 3.05) is 5.75 Å². The predicted molar refractivity (Wildman–Crippen MR) is 99.9 cm³/mol. The summed E-state index contributed by atoms with van der Waals surface area (Å²) in [5, 5.41) is 11.7. The zero-order valence-corrected chi connectivity index (χ0v) is 15.4. The molecule has 0 radical (unpaired) electrons. The molecule has 1 amide bonds. The molecule has 0 saturated heterocycles. The maximum Gasteiger partial charge on any atom is 0.408 e. The van der Waals surface area contributed by atoms with E-state index >= 15 is 0 Å². The summed E-state index contributed by atoms with van der Waals surface area (Å²) >= 11 is 1.43. The summed E-state index contributed by atoms with van der Waals surface area (Å²) in [5.74, 6) is -0.214. The van der Waals surface area contributed by atoms with E-state index in [9.17, 15) is 14.7 Å². The van der Waals surface area contributed by atoms with Crippen LogP contribution in [0.25, 0.3) is 0 Å². The quantitative estimate of drug-likeness (QED) is 0.661. The highest BCUT2D eigenvalue weighted by molar-refractivity contribution is 7.98. The number of carboxylic acid groups (broad SMARTS) is 1. The van der Waals surface area contributed by atoms with Gasteiger partial charge in [-0.2, -0.15) is 11.8 Å². The number of carbonyl (C=O) groups excluding carboxylic acids is 1. The van der Waals surface area contributed by atoms with Crippen molar-refractivity contribution < 1.29 is 19.4 Å². The Bertz CT molecular complexity index is 705. The lowest BCUT2D eigenvalue weighted by Gasteiger charge is -2.14. The molecule has 1 atom stereocenters. The number of aliphatic carboxylic acids is 1. The number of nitrogens with zero attached hydrogens (tertiary/aromatic N) is 2. The number of nitrogens with one attached hydrogen (secondary N) is 1. The Morgan fingerprint density at radius 1 is 1.35 bits per heavy atom. The van der Waals surface area contributed by atoms with Gasteiger partial charge in [-0.3, -0.25) is 0 Å². The number of hydrogen-bond acceptors (Lipinski definition) is 5. The lowest BCUT2D eigenvalue weighted by atomic mass is 10.2. The molecule has 26 heavy (non-hydrogen) atoms. The maximum atomic E-state index is 11.8. The molecule has 0 spiro atoms. The van der Waals surface area contributed by atoms with Crippen LogP contribution in [0.3, 0.4) is 0 Å². The third-order valence-electron chi connectivity index (χ3n) is 3.60. The molecule has 0 aliphatic heterocycles. The van der Waals surface area contributed by atoms with Gasteiger partial charge in [0.1, 0.15) is 12.6 Å². The van der Waals surface area contributed by atoms with Crippen molar-refractivity contribution in [2.45, 2.75) is 38.3 Å². The van der Waals surface area contributed by atoms with Gasteiger partial charge in [0.05, 0.1) is 6.33 Å². The number of benzene rings is 1. The van der Waals surface area contributed by atoms with Gasteiger partial charge in [-0.05, 0) is 12.0 Å². The Morgan fingerprint density at radius 2 is 2.12 bits per heavy atom. The molecule has 7 nitrogen and oxygen atoms in total. The van der Waals surface area contributed by atoms with Crippen molar-refractivity contribution in [2.24, 2.45) is 0 Å². The number of amides is 1. The van der Waals surface area contributed by atoms with Crippen LogP contribution in [0.1, 0.15) is 24.6 Å². The zero-order chi connectivity index (χ0) is 18.8. The highest BCUT2D eigenvalue weighted by atomic mass is 32.2. The number of carboxylic acids is 1. The Hall–Kier alpha value is -2.48. The van der Waals surface area contributed by atoms with E-state index in [0.29, 0.717) is 5.75 Å². The van der Waals surface area contributed by atoms with Crippen molar-refractivity contribution in [3.05, 3.63) is 54.1 Å². The number of ether oxygens (including phenoxy) is 1. The number of carbonyl (C=O) groups is 2. The first kappa shape index (κ1) is 19.8. The fraction of sp³-hybridized carbons (Fsp3) is 0.389. The van der Waals surface area contributed by atoms with E-state index in [1.54, 1.807) is 12.5 Å².